The number of hydrogen-bond acceptors (Lipinski definition) is 3. The summed E-state index contributed by atoms with van der Waals surface area (Å²) in [6.45, 7) is 2.77. The molecule has 2 heterocycles. The van der Waals surface area contributed by atoms with Gasteiger partial charge in [0.25, 0.3) is 0 Å². The van der Waals surface area contributed by atoms with E-state index in [4.69, 9.17) is 9.47 Å². The molecule has 0 saturated carbocycles. The first-order valence-corrected chi connectivity index (χ1v) is 9.03. The van der Waals surface area contributed by atoms with Crippen molar-refractivity contribution in [1.29, 1.82) is 0 Å². The van der Waals surface area contributed by atoms with Gasteiger partial charge in [-0.15, -0.1) is 0 Å². The Morgan fingerprint density at radius 1 is 1.07 bits per heavy atom. The third kappa shape index (κ3) is 3.97. The van der Waals surface area contributed by atoms with E-state index in [2.05, 4.69) is 41.1 Å². The lowest BCUT2D eigenvalue weighted by molar-refractivity contribution is -0.121. The summed E-state index contributed by atoms with van der Waals surface area (Å²) in [6.07, 6.45) is 4.37. The summed E-state index contributed by atoms with van der Waals surface area (Å²) in [5.41, 5.74) is 3.31. The molecule has 5 heteroatoms. The van der Waals surface area contributed by atoms with Gasteiger partial charge in [-0.3, -0.25) is 4.79 Å². The second-order valence-corrected chi connectivity index (χ2v) is 6.73. The number of rotatable bonds is 6. The Morgan fingerprint density at radius 3 is 2.59 bits per heavy atom. The Labute approximate surface area is 158 Å². The second-order valence-electron chi connectivity index (χ2n) is 6.73. The standard InChI is InChI=1S/C22H22N2O3/c1-16-4-7-18(8-5-16)19(24-10-2-3-11-24)13-22(25)23-14-17-6-9-20-21(12-17)27-15-26-20/h2-12,19H,13-15H2,1H3,(H,23,25)/t19-/m0/s1. The van der Waals surface area contributed by atoms with Crippen molar-refractivity contribution in [2.24, 2.45) is 0 Å². The van der Waals surface area contributed by atoms with Crippen molar-refractivity contribution >= 4 is 5.91 Å². The first-order valence-electron chi connectivity index (χ1n) is 9.03. The number of ether oxygens (including phenoxy) is 2. The van der Waals surface area contributed by atoms with E-state index in [1.54, 1.807) is 0 Å². The fourth-order valence-corrected chi connectivity index (χ4v) is 3.24. The maximum atomic E-state index is 12.6. The highest BCUT2D eigenvalue weighted by Gasteiger charge is 2.18. The van der Waals surface area contributed by atoms with Gasteiger partial charge in [0.15, 0.2) is 11.5 Å². The molecule has 0 radical (unpaired) electrons. The zero-order valence-corrected chi connectivity index (χ0v) is 15.2. The van der Waals surface area contributed by atoms with Gasteiger partial charge >= 0.3 is 0 Å². The molecule has 1 aliphatic heterocycles. The molecule has 138 valence electrons. The van der Waals surface area contributed by atoms with Gasteiger partial charge in [0.1, 0.15) is 0 Å². The molecule has 0 unspecified atom stereocenters. The van der Waals surface area contributed by atoms with E-state index in [0.717, 1.165) is 22.6 Å². The Bertz CT molecular complexity index is 917. The number of amides is 1. The minimum atomic E-state index is -0.0302. The monoisotopic (exact) mass is 362 g/mol. The lowest BCUT2D eigenvalue weighted by atomic mass is 10.0. The minimum Gasteiger partial charge on any atom is -0.454 e. The molecular formula is C22H22N2O3. The first-order chi connectivity index (χ1) is 13.2. The summed E-state index contributed by atoms with van der Waals surface area (Å²) in [5.74, 6) is 1.48. The molecule has 0 spiro atoms. The van der Waals surface area contributed by atoms with E-state index in [1.807, 2.05) is 42.7 Å². The van der Waals surface area contributed by atoms with Crippen LogP contribution in [0.15, 0.2) is 67.0 Å². The number of nitrogens with zero attached hydrogens (tertiary/aromatic N) is 1. The summed E-state index contributed by atoms with van der Waals surface area (Å²) >= 11 is 0. The maximum absolute atomic E-state index is 12.6. The van der Waals surface area contributed by atoms with Crippen LogP contribution in [-0.4, -0.2) is 17.3 Å². The highest BCUT2D eigenvalue weighted by Crippen LogP contribution is 2.32. The van der Waals surface area contributed by atoms with Crippen LogP contribution in [0.2, 0.25) is 0 Å². The normalized spacial score (nSPS) is 13.4. The maximum Gasteiger partial charge on any atom is 0.231 e. The largest absolute Gasteiger partial charge is 0.454 e. The summed E-state index contributed by atoms with van der Waals surface area (Å²) in [7, 11) is 0. The number of benzene rings is 2. The number of aromatic nitrogens is 1. The van der Waals surface area contributed by atoms with Gasteiger partial charge in [-0.05, 0) is 42.3 Å². The van der Waals surface area contributed by atoms with Gasteiger partial charge in [0.05, 0.1) is 12.5 Å². The van der Waals surface area contributed by atoms with Crippen molar-refractivity contribution in [3.05, 3.63) is 83.7 Å². The Morgan fingerprint density at radius 2 is 1.81 bits per heavy atom. The molecule has 1 aliphatic rings. The zero-order valence-electron chi connectivity index (χ0n) is 15.2. The number of carbonyl (C=O) groups is 1. The van der Waals surface area contributed by atoms with E-state index in [1.165, 1.54) is 5.56 Å². The van der Waals surface area contributed by atoms with Crippen LogP contribution in [0.1, 0.15) is 29.2 Å². The van der Waals surface area contributed by atoms with Crippen molar-refractivity contribution in [3.63, 3.8) is 0 Å². The molecular weight excluding hydrogens is 340 g/mol. The predicted octanol–water partition coefficient (Wildman–Crippen LogP) is 3.82. The Hall–Kier alpha value is -3.21. The second kappa shape index (κ2) is 7.58. The van der Waals surface area contributed by atoms with Crippen LogP contribution in [0.3, 0.4) is 0 Å². The van der Waals surface area contributed by atoms with E-state index in [-0.39, 0.29) is 18.7 Å². The van der Waals surface area contributed by atoms with Crippen LogP contribution in [-0.2, 0) is 11.3 Å². The van der Waals surface area contributed by atoms with Gasteiger partial charge in [0.2, 0.25) is 12.7 Å². The number of hydrogen-bond donors (Lipinski definition) is 1. The SMILES string of the molecule is Cc1ccc([C@H](CC(=O)NCc2ccc3c(c2)OCO3)n2cccc2)cc1. The highest BCUT2D eigenvalue weighted by atomic mass is 16.7. The molecule has 0 bridgehead atoms. The summed E-state index contributed by atoms with van der Waals surface area (Å²) in [4.78, 5) is 12.6. The van der Waals surface area contributed by atoms with E-state index >= 15 is 0 Å². The van der Waals surface area contributed by atoms with Crippen molar-refractivity contribution < 1.29 is 14.3 Å². The third-order valence-electron chi connectivity index (χ3n) is 4.75. The topological polar surface area (TPSA) is 52.5 Å². The molecule has 1 aromatic heterocycles. The highest BCUT2D eigenvalue weighted by molar-refractivity contribution is 5.77. The average molecular weight is 362 g/mol. The average Bonchev–Trinajstić information content (AvgIpc) is 3.36. The third-order valence-corrected chi connectivity index (χ3v) is 4.75. The van der Waals surface area contributed by atoms with Gasteiger partial charge in [-0.1, -0.05) is 35.9 Å². The van der Waals surface area contributed by atoms with Gasteiger partial charge < -0.3 is 19.4 Å². The number of nitrogens with one attached hydrogen (secondary N) is 1. The van der Waals surface area contributed by atoms with Gasteiger partial charge in [-0.2, -0.15) is 0 Å². The van der Waals surface area contributed by atoms with E-state index in [9.17, 15) is 4.79 Å². The summed E-state index contributed by atoms with van der Waals surface area (Å²) in [5, 5.41) is 3.02. The predicted molar refractivity (Wildman–Crippen MR) is 103 cm³/mol. The van der Waals surface area contributed by atoms with Crippen molar-refractivity contribution in [1.82, 2.24) is 9.88 Å². The van der Waals surface area contributed by atoms with Crippen LogP contribution in [0.25, 0.3) is 0 Å². The fraction of sp³-hybridized carbons (Fsp3) is 0.227. The minimum absolute atomic E-state index is 0.00643. The molecule has 0 aliphatic carbocycles. The van der Waals surface area contributed by atoms with Crippen molar-refractivity contribution in [2.45, 2.75) is 25.9 Å². The van der Waals surface area contributed by atoms with Gasteiger partial charge in [-0.25, -0.2) is 0 Å². The first kappa shape index (κ1) is 17.2. The van der Waals surface area contributed by atoms with Crippen LogP contribution < -0.4 is 14.8 Å². The van der Waals surface area contributed by atoms with Crippen LogP contribution >= 0.6 is 0 Å². The fourth-order valence-electron chi connectivity index (χ4n) is 3.24. The van der Waals surface area contributed by atoms with Gasteiger partial charge in [0, 0.05) is 18.9 Å². The Balaban J connectivity index is 1.43. The lowest BCUT2D eigenvalue weighted by Gasteiger charge is -2.19. The van der Waals surface area contributed by atoms with Crippen LogP contribution in [0, 0.1) is 6.92 Å². The van der Waals surface area contributed by atoms with Crippen LogP contribution in [0.4, 0.5) is 0 Å². The number of fused-ring (bicyclic) bond motifs is 1. The molecule has 0 saturated heterocycles. The molecule has 1 N–H and O–H groups in total. The summed E-state index contributed by atoms with van der Waals surface area (Å²) in [6, 6.07) is 18.0. The molecule has 4 rings (SSSR count). The molecule has 1 atom stereocenters. The lowest BCUT2D eigenvalue weighted by Crippen LogP contribution is -2.26. The molecule has 0 fully saturated rings. The van der Waals surface area contributed by atoms with E-state index < -0.39 is 0 Å². The molecule has 3 aromatic rings. The quantitative estimate of drug-likeness (QED) is 0.725. The summed E-state index contributed by atoms with van der Waals surface area (Å²) < 4.78 is 12.8. The zero-order chi connectivity index (χ0) is 18.6. The smallest absolute Gasteiger partial charge is 0.231 e. The molecule has 27 heavy (non-hydrogen) atoms. The molecule has 5 nitrogen and oxygen atoms in total. The Kier molecular flexibility index (Phi) is 4.83. The molecule has 1 amide bonds. The van der Waals surface area contributed by atoms with Crippen LogP contribution in [0.5, 0.6) is 11.5 Å². The van der Waals surface area contributed by atoms with Crippen molar-refractivity contribution in [3.8, 4) is 11.5 Å². The molecule has 2 aromatic carbocycles. The van der Waals surface area contributed by atoms with E-state index in [0.29, 0.717) is 13.0 Å². The number of carbonyl (C=O) groups excluding carboxylic acids is 1. The number of aryl methyl sites for hydroxylation is 1. The van der Waals surface area contributed by atoms with Crippen molar-refractivity contribution in [2.75, 3.05) is 6.79 Å².